The van der Waals surface area contributed by atoms with E-state index in [1.54, 1.807) is 15.8 Å². The summed E-state index contributed by atoms with van der Waals surface area (Å²) in [6.45, 7) is 14.3. The number of hydrogen-bond acceptors (Lipinski definition) is 0. The fourth-order valence-corrected chi connectivity index (χ4v) is 10.3. The minimum absolute atomic E-state index is 0.681. The molecular weight excluding hydrogens is 217 g/mol. The molecule has 0 aliphatic rings. The summed E-state index contributed by atoms with van der Waals surface area (Å²) in [5, 5.41) is 4.74. The summed E-state index contributed by atoms with van der Waals surface area (Å²) in [5.41, 5.74) is 0. The molecule has 1 heteroatoms. The monoisotopic (exact) mass is 245 g/mol. The van der Waals surface area contributed by atoms with Crippen molar-refractivity contribution < 1.29 is 0 Å². The third kappa shape index (κ3) is 8.86. The summed E-state index contributed by atoms with van der Waals surface area (Å²) in [4.78, 5) is 0. The van der Waals surface area contributed by atoms with Crippen molar-refractivity contribution in [3.8, 4) is 0 Å². The molecule has 0 saturated heterocycles. The van der Waals surface area contributed by atoms with E-state index < -0.39 is 14.3 Å². The average Bonchev–Trinajstić information content (AvgIpc) is 1.80. The third-order valence-corrected chi connectivity index (χ3v) is 10.9. The summed E-state index contributed by atoms with van der Waals surface area (Å²) in [5.74, 6) is 2.81. The molecule has 0 fully saturated rings. The first-order valence-corrected chi connectivity index (χ1v) is 10.2. The van der Waals surface area contributed by atoms with Gasteiger partial charge in [-0.3, -0.25) is 0 Å². The molecule has 0 aliphatic carbocycles. The van der Waals surface area contributed by atoms with E-state index in [0.29, 0.717) is 0 Å². The van der Waals surface area contributed by atoms with Crippen LogP contribution in [0.15, 0.2) is 0 Å². The van der Waals surface area contributed by atoms with Gasteiger partial charge in [0.15, 0.2) is 0 Å². The van der Waals surface area contributed by atoms with Crippen LogP contribution >= 0.6 is 0 Å². The molecule has 0 rings (SSSR count). The molecular formula is C12H27Ge. The van der Waals surface area contributed by atoms with Crippen LogP contribution in [0.25, 0.3) is 0 Å². The molecule has 0 unspecified atom stereocenters. The SMILES string of the molecule is CC(C)[CH2][Ge]([CH2]C(C)C)[CH2]C(C)C. The van der Waals surface area contributed by atoms with Gasteiger partial charge < -0.3 is 0 Å². The molecule has 0 nitrogen and oxygen atoms in total. The van der Waals surface area contributed by atoms with Crippen LogP contribution in [0.1, 0.15) is 41.5 Å². The molecule has 13 heavy (non-hydrogen) atoms. The van der Waals surface area contributed by atoms with Crippen LogP contribution in [0.2, 0.25) is 15.8 Å². The fourth-order valence-electron chi connectivity index (χ4n) is 1.98. The van der Waals surface area contributed by atoms with E-state index in [4.69, 9.17) is 0 Å². The Morgan fingerprint density at radius 1 is 0.615 bits per heavy atom. The van der Waals surface area contributed by atoms with E-state index in [1.807, 2.05) is 0 Å². The first-order valence-electron chi connectivity index (χ1n) is 5.75. The van der Waals surface area contributed by atoms with Gasteiger partial charge >= 0.3 is 89.4 Å². The van der Waals surface area contributed by atoms with E-state index >= 15 is 0 Å². The zero-order valence-corrected chi connectivity index (χ0v) is 12.5. The molecule has 0 aliphatic heterocycles. The van der Waals surface area contributed by atoms with Gasteiger partial charge in [0.2, 0.25) is 0 Å². The standard InChI is InChI=1S/C12H27Ge/c1-10(2)7-13(8-11(3)4)9-12(5)6/h10-12H,7-9H2,1-6H3. The maximum atomic E-state index is 2.38. The summed E-state index contributed by atoms with van der Waals surface area (Å²) < 4.78 is 0. The maximum absolute atomic E-state index is 2.38. The Labute approximate surface area is 89.6 Å². The van der Waals surface area contributed by atoms with Crippen molar-refractivity contribution in [2.45, 2.75) is 57.3 Å². The van der Waals surface area contributed by atoms with E-state index in [9.17, 15) is 0 Å². The third-order valence-electron chi connectivity index (χ3n) is 2.09. The second kappa shape index (κ2) is 6.92. The van der Waals surface area contributed by atoms with Gasteiger partial charge in [-0.1, -0.05) is 0 Å². The zero-order chi connectivity index (χ0) is 10.4. The molecule has 0 aromatic heterocycles. The predicted molar refractivity (Wildman–Crippen MR) is 64.7 cm³/mol. The van der Waals surface area contributed by atoms with Crippen molar-refractivity contribution in [3.63, 3.8) is 0 Å². The van der Waals surface area contributed by atoms with Gasteiger partial charge in [0.25, 0.3) is 0 Å². The van der Waals surface area contributed by atoms with Crippen LogP contribution in [-0.2, 0) is 0 Å². The van der Waals surface area contributed by atoms with Crippen LogP contribution in [0.5, 0.6) is 0 Å². The first kappa shape index (κ1) is 13.5. The molecule has 0 atom stereocenters. The van der Waals surface area contributed by atoms with Gasteiger partial charge in [0, 0.05) is 0 Å². The minimum atomic E-state index is -0.681. The van der Waals surface area contributed by atoms with Crippen LogP contribution in [0, 0.1) is 17.8 Å². The van der Waals surface area contributed by atoms with Gasteiger partial charge in [-0.15, -0.1) is 0 Å². The van der Waals surface area contributed by atoms with E-state index in [1.165, 1.54) is 0 Å². The van der Waals surface area contributed by atoms with Gasteiger partial charge in [0.05, 0.1) is 0 Å². The molecule has 0 aromatic carbocycles. The van der Waals surface area contributed by atoms with Gasteiger partial charge in [0.1, 0.15) is 0 Å². The van der Waals surface area contributed by atoms with Crippen molar-refractivity contribution in [1.29, 1.82) is 0 Å². The summed E-state index contributed by atoms with van der Waals surface area (Å²) in [6.07, 6.45) is 0. The van der Waals surface area contributed by atoms with E-state index in [-0.39, 0.29) is 0 Å². The van der Waals surface area contributed by atoms with Crippen LogP contribution in [0.4, 0.5) is 0 Å². The Bertz CT molecular complexity index is 92.5. The Morgan fingerprint density at radius 2 is 0.846 bits per heavy atom. The van der Waals surface area contributed by atoms with Crippen molar-refractivity contribution in [2.24, 2.45) is 17.8 Å². The van der Waals surface area contributed by atoms with E-state index in [2.05, 4.69) is 41.5 Å². The van der Waals surface area contributed by atoms with Crippen LogP contribution in [-0.4, -0.2) is 14.3 Å². The van der Waals surface area contributed by atoms with Gasteiger partial charge in [-0.2, -0.15) is 0 Å². The van der Waals surface area contributed by atoms with E-state index in [0.717, 1.165) is 17.8 Å². The van der Waals surface area contributed by atoms with Crippen LogP contribution in [0.3, 0.4) is 0 Å². The molecule has 0 heterocycles. The van der Waals surface area contributed by atoms with Crippen molar-refractivity contribution in [1.82, 2.24) is 0 Å². The molecule has 0 amide bonds. The molecule has 79 valence electrons. The van der Waals surface area contributed by atoms with Gasteiger partial charge in [-0.05, 0) is 0 Å². The first-order chi connectivity index (χ1) is 5.91. The number of rotatable bonds is 6. The number of hydrogen-bond donors (Lipinski definition) is 0. The Kier molecular flexibility index (Phi) is 7.21. The molecule has 0 bridgehead atoms. The van der Waals surface area contributed by atoms with Gasteiger partial charge in [-0.25, -0.2) is 0 Å². The Morgan fingerprint density at radius 3 is 1.00 bits per heavy atom. The molecule has 0 N–H and O–H groups in total. The normalized spacial score (nSPS) is 12.5. The summed E-state index contributed by atoms with van der Waals surface area (Å²) in [7, 11) is 0. The summed E-state index contributed by atoms with van der Waals surface area (Å²) in [6, 6.07) is 0. The Hall–Kier alpha value is 0.543. The fraction of sp³-hybridized carbons (Fsp3) is 1.00. The van der Waals surface area contributed by atoms with Crippen molar-refractivity contribution >= 4 is 14.3 Å². The molecule has 1 radical (unpaired) electrons. The van der Waals surface area contributed by atoms with Crippen molar-refractivity contribution in [3.05, 3.63) is 0 Å². The second-order valence-electron chi connectivity index (χ2n) is 5.54. The predicted octanol–water partition coefficient (Wildman–Crippen LogP) is 4.45. The quantitative estimate of drug-likeness (QED) is 0.605. The zero-order valence-electron chi connectivity index (χ0n) is 10.4. The molecule has 0 spiro atoms. The summed E-state index contributed by atoms with van der Waals surface area (Å²) >= 11 is -0.681. The average molecular weight is 244 g/mol. The molecule has 0 aromatic rings. The van der Waals surface area contributed by atoms with Crippen LogP contribution < -0.4 is 0 Å². The molecule has 0 saturated carbocycles. The Balaban J connectivity index is 3.87. The van der Waals surface area contributed by atoms with Crippen molar-refractivity contribution in [2.75, 3.05) is 0 Å². The second-order valence-corrected chi connectivity index (χ2v) is 11.3. The topological polar surface area (TPSA) is 0 Å².